The first-order valence-electron chi connectivity index (χ1n) is 8.16. The molecule has 0 aliphatic carbocycles. The fourth-order valence-corrected chi connectivity index (χ4v) is 2.71. The van der Waals surface area contributed by atoms with Crippen molar-refractivity contribution >= 4 is 6.09 Å². The summed E-state index contributed by atoms with van der Waals surface area (Å²) >= 11 is 0. The molecule has 3 nitrogen and oxygen atoms in total. The quantitative estimate of drug-likeness (QED) is 0.697. The first-order valence-corrected chi connectivity index (χ1v) is 8.16. The van der Waals surface area contributed by atoms with Gasteiger partial charge in [-0.3, -0.25) is 0 Å². The zero-order valence-electron chi connectivity index (χ0n) is 14.8. The minimum absolute atomic E-state index is 0.159. The first-order chi connectivity index (χ1) is 10.1. The first kappa shape index (κ1) is 16.9. The maximum absolute atomic E-state index is 12.3. The Hall–Kier alpha value is -1.51. The Balaban J connectivity index is 2.19. The summed E-state index contributed by atoms with van der Waals surface area (Å²) in [4.78, 5) is 14.1. The molecule has 1 amide bonds. The molecule has 122 valence electrons. The monoisotopic (exact) mass is 303 g/mol. The number of benzene rings is 1. The Labute approximate surface area is 134 Å². The van der Waals surface area contributed by atoms with Crippen molar-refractivity contribution in [1.29, 1.82) is 0 Å². The average Bonchev–Trinajstić information content (AvgIpc) is 2.56. The van der Waals surface area contributed by atoms with Gasteiger partial charge in [-0.25, -0.2) is 4.79 Å². The van der Waals surface area contributed by atoms with Gasteiger partial charge in [-0.2, -0.15) is 0 Å². The molecule has 22 heavy (non-hydrogen) atoms. The van der Waals surface area contributed by atoms with Crippen LogP contribution >= 0.6 is 0 Å². The highest BCUT2D eigenvalue weighted by atomic mass is 16.6. The smallest absolute Gasteiger partial charge is 0.410 e. The number of amides is 1. The summed E-state index contributed by atoms with van der Waals surface area (Å²) in [6.45, 7) is 13.8. The van der Waals surface area contributed by atoms with E-state index in [1.54, 1.807) is 0 Å². The third kappa shape index (κ3) is 4.25. The molecule has 1 aliphatic heterocycles. The molecule has 0 radical (unpaired) electrons. The van der Waals surface area contributed by atoms with Gasteiger partial charge in [0.25, 0.3) is 0 Å². The van der Waals surface area contributed by atoms with Crippen LogP contribution in [0.2, 0.25) is 0 Å². The third-order valence-electron chi connectivity index (χ3n) is 3.96. The predicted molar refractivity (Wildman–Crippen MR) is 90.1 cm³/mol. The molecule has 1 aromatic carbocycles. The second-order valence-electron chi connectivity index (χ2n) is 8.24. The van der Waals surface area contributed by atoms with Crippen LogP contribution in [0.4, 0.5) is 4.79 Å². The zero-order valence-corrected chi connectivity index (χ0v) is 14.8. The fraction of sp³-hybridized carbons (Fsp3) is 0.632. The van der Waals surface area contributed by atoms with E-state index in [1.165, 1.54) is 16.7 Å². The Morgan fingerprint density at radius 3 is 2.36 bits per heavy atom. The van der Waals surface area contributed by atoms with Crippen molar-refractivity contribution in [1.82, 2.24) is 4.90 Å². The van der Waals surface area contributed by atoms with Crippen molar-refractivity contribution < 1.29 is 9.53 Å². The maximum Gasteiger partial charge on any atom is 0.410 e. The van der Waals surface area contributed by atoms with Crippen molar-refractivity contribution in [2.24, 2.45) is 0 Å². The van der Waals surface area contributed by atoms with Gasteiger partial charge in [-0.15, -0.1) is 0 Å². The lowest BCUT2D eigenvalue weighted by Gasteiger charge is -2.27. The number of aryl methyl sites for hydroxylation is 1. The van der Waals surface area contributed by atoms with E-state index in [-0.39, 0.29) is 11.5 Å². The van der Waals surface area contributed by atoms with Crippen LogP contribution in [-0.2, 0) is 23.1 Å². The number of ether oxygens (including phenoxy) is 1. The Morgan fingerprint density at radius 2 is 1.77 bits per heavy atom. The van der Waals surface area contributed by atoms with Crippen LogP contribution in [0.15, 0.2) is 18.2 Å². The van der Waals surface area contributed by atoms with Crippen molar-refractivity contribution in [3.8, 4) is 0 Å². The SMILES string of the molecule is CC(C)(C)OC(=O)N1CCCc2cc(C(C)(C)C)ccc2C1. The van der Waals surface area contributed by atoms with E-state index < -0.39 is 5.60 Å². The topological polar surface area (TPSA) is 29.5 Å². The number of fused-ring (bicyclic) bond motifs is 1. The summed E-state index contributed by atoms with van der Waals surface area (Å²) in [6, 6.07) is 6.68. The molecule has 0 atom stereocenters. The minimum atomic E-state index is -0.442. The average molecular weight is 303 g/mol. The lowest BCUT2D eigenvalue weighted by Crippen LogP contribution is -2.36. The molecule has 0 N–H and O–H groups in total. The summed E-state index contributed by atoms with van der Waals surface area (Å²) < 4.78 is 5.51. The number of carbonyl (C=O) groups is 1. The van der Waals surface area contributed by atoms with Gasteiger partial charge >= 0.3 is 6.09 Å². The maximum atomic E-state index is 12.3. The van der Waals surface area contributed by atoms with Crippen LogP contribution < -0.4 is 0 Å². The van der Waals surface area contributed by atoms with E-state index in [0.717, 1.165) is 19.4 Å². The summed E-state index contributed by atoms with van der Waals surface area (Å²) in [5.74, 6) is 0. The van der Waals surface area contributed by atoms with Gasteiger partial charge in [-0.05, 0) is 55.7 Å². The van der Waals surface area contributed by atoms with Crippen molar-refractivity contribution in [2.45, 2.75) is 71.9 Å². The van der Waals surface area contributed by atoms with Gasteiger partial charge < -0.3 is 9.64 Å². The highest BCUT2D eigenvalue weighted by molar-refractivity contribution is 5.68. The summed E-state index contributed by atoms with van der Waals surface area (Å²) in [5.41, 5.74) is 3.70. The van der Waals surface area contributed by atoms with E-state index in [2.05, 4.69) is 39.0 Å². The summed E-state index contributed by atoms with van der Waals surface area (Å²) in [7, 11) is 0. The van der Waals surface area contributed by atoms with Gasteiger partial charge in [0.15, 0.2) is 0 Å². The normalized spacial score (nSPS) is 16.0. The molecule has 0 bridgehead atoms. The van der Waals surface area contributed by atoms with Crippen LogP contribution in [0.5, 0.6) is 0 Å². The Bertz CT molecular complexity index is 550. The molecule has 1 aromatic rings. The van der Waals surface area contributed by atoms with E-state index in [0.29, 0.717) is 6.54 Å². The molecule has 0 fully saturated rings. The predicted octanol–water partition coefficient (Wildman–Crippen LogP) is 4.67. The van der Waals surface area contributed by atoms with Crippen LogP contribution in [-0.4, -0.2) is 23.1 Å². The largest absolute Gasteiger partial charge is 0.444 e. The molecular weight excluding hydrogens is 274 g/mol. The summed E-state index contributed by atoms with van der Waals surface area (Å²) in [6.07, 6.45) is 1.80. The van der Waals surface area contributed by atoms with Crippen molar-refractivity contribution in [3.05, 3.63) is 34.9 Å². The van der Waals surface area contributed by atoms with Crippen LogP contribution in [0.25, 0.3) is 0 Å². The molecule has 0 spiro atoms. The third-order valence-corrected chi connectivity index (χ3v) is 3.96. The molecule has 2 rings (SSSR count). The van der Waals surface area contributed by atoms with Crippen LogP contribution in [0.1, 0.15) is 64.7 Å². The molecular formula is C19H29NO2. The number of rotatable bonds is 0. The number of hydrogen-bond donors (Lipinski definition) is 0. The Morgan fingerprint density at radius 1 is 1.09 bits per heavy atom. The van der Waals surface area contributed by atoms with Gasteiger partial charge in [0.2, 0.25) is 0 Å². The van der Waals surface area contributed by atoms with E-state index >= 15 is 0 Å². The second-order valence-corrected chi connectivity index (χ2v) is 8.24. The van der Waals surface area contributed by atoms with E-state index in [9.17, 15) is 4.79 Å². The fourth-order valence-electron chi connectivity index (χ4n) is 2.71. The van der Waals surface area contributed by atoms with Crippen LogP contribution in [0, 0.1) is 0 Å². The molecule has 1 aliphatic rings. The molecule has 0 saturated heterocycles. The van der Waals surface area contributed by atoms with Crippen molar-refractivity contribution in [3.63, 3.8) is 0 Å². The van der Waals surface area contributed by atoms with Gasteiger partial charge in [0.05, 0.1) is 0 Å². The molecule has 1 heterocycles. The molecule has 3 heteroatoms. The minimum Gasteiger partial charge on any atom is -0.444 e. The number of nitrogens with zero attached hydrogens (tertiary/aromatic N) is 1. The van der Waals surface area contributed by atoms with Gasteiger partial charge in [-0.1, -0.05) is 39.0 Å². The number of hydrogen-bond acceptors (Lipinski definition) is 2. The second kappa shape index (κ2) is 5.94. The lowest BCUT2D eigenvalue weighted by atomic mass is 9.84. The van der Waals surface area contributed by atoms with Gasteiger partial charge in [0.1, 0.15) is 5.60 Å². The van der Waals surface area contributed by atoms with Crippen molar-refractivity contribution in [2.75, 3.05) is 6.54 Å². The van der Waals surface area contributed by atoms with Crippen LogP contribution in [0.3, 0.4) is 0 Å². The molecule has 0 unspecified atom stereocenters. The molecule has 0 aromatic heterocycles. The highest BCUT2D eigenvalue weighted by Gasteiger charge is 2.25. The molecule has 0 saturated carbocycles. The van der Waals surface area contributed by atoms with E-state index in [4.69, 9.17) is 4.74 Å². The highest BCUT2D eigenvalue weighted by Crippen LogP contribution is 2.27. The number of carbonyl (C=O) groups excluding carboxylic acids is 1. The Kier molecular flexibility index (Phi) is 4.55. The van der Waals surface area contributed by atoms with Gasteiger partial charge in [0, 0.05) is 13.1 Å². The standard InChI is InChI=1S/C19H29NO2/c1-18(2,3)16-10-9-15-13-20(11-7-8-14(15)12-16)17(21)22-19(4,5)6/h9-10,12H,7-8,11,13H2,1-6H3. The zero-order chi connectivity index (χ0) is 16.5. The summed E-state index contributed by atoms with van der Waals surface area (Å²) in [5, 5.41) is 0. The lowest BCUT2D eigenvalue weighted by molar-refractivity contribution is 0.0237. The van der Waals surface area contributed by atoms with E-state index in [1.807, 2.05) is 25.7 Å².